The number of aliphatic imine (C=N–C) groups is 1. The molecule has 0 aromatic rings. The number of alkyl halides is 2. The average molecular weight is 420 g/mol. The van der Waals surface area contributed by atoms with E-state index in [1.807, 2.05) is 0 Å². The highest BCUT2D eigenvalue weighted by Gasteiger charge is 2.26. The Labute approximate surface area is 140 Å². The van der Waals surface area contributed by atoms with E-state index in [0.717, 1.165) is 0 Å². The van der Waals surface area contributed by atoms with Crippen molar-refractivity contribution in [3.05, 3.63) is 0 Å². The van der Waals surface area contributed by atoms with Crippen LogP contribution in [0.2, 0.25) is 0 Å². The molecular weight excluding hydrogens is 397 g/mol. The number of carbonyl (C=O) groups excluding carboxylic acids is 1. The van der Waals surface area contributed by atoms with E-state index in [4.69, 9.17) is 10.5 Å². The van der Waals surface area contributed by atoms with Gasteiger partial charge in [-0.25, -0.2) is 18.6 Å². The Bertz CT molecular complexity index is 367. The van der Waals surface area contributed by atoms with E-state index in [2.05, 4.69) is 4.99 Å². The van der Waals surface area contributed by atoms with E-state index in [1.165, 1.54) is 0 Å². The lowest BCUT2D eigenvalue weighted by Crippen LogP contribution is -2.53. The Morgan fingerprint density at radius 3 is 2.14 bits per heavy atom. The minimum Gasteiger partial charge on any atom is -0.444 e. The van der Waals surface area contributed by atoms with Crippen molar-refractivity contribution in [1.29, 1.82) is 0 Å². The van der Waals surface area contributed by atoms with Crippen LogP contribution in [0.15, 0.2) is 4.99 Å². The molecule has 0 spiro atoms. The van der Waals surface area contributed by atoms with Crippen LogP contribution >= 0.6 is 24.0 Å². The number of halogens is 3. The van der Waals surface area contributed by atoms with Gasteiger partial charge in [0.15, 0.2) is 5.96 Å². The number of guanidine groups is 1. The first-order chi connectivity index (χ1) is 9.19. The second kappa shape index (κ2) is 8.54. The molecule has 1 aliphatic heterocycles. The molecule has 0 saturated carbocycles. The van der Waals surface area contributed by atoms with Gasteiger partial charge in [-0.2, -0.15) is 0 Å². The first-order valence-electron chi connectivity index (χ1n) is 6.50. The van der Waals surface area contributed by atoms with Crippen molar-refractivity contribution < 1.29 is 18.3 Å². The summed E-state index contributed by atoms with van der Waals surface area (Å²) < 4.78 is 29.3. The third-order valence-electron chi connectivity index (χ3n) is 2.65. The van der Waals surface area contributed by atoms with Crippen LogP contribution in [0.4, 0.5) is 13.6 Å². The van der Waals surface area contributed by atoms with Gasteiger partial charge in [-0.3, -0.25) is 0 Å². The summed E-state index contributed by atoms with van der Waals surface area (Å²) in [6.45, 7) is 6.58. The Balaban J connectivity index is 0.00000400. The predicted molar refractivity (Wildman–Crippen MR) is 87.3 cm³/mol. The van der Waals surface area contributed by atoms with Gasteiger partial charge in [-0.05, 0) is 20.8 Å². The van der Waals surface area contributed by atoms with Crippen molar-refractivity contribution in [3.8, 4) is 0 Å². The summed E-state index contributed by atoms with van der Waals surface area (Å²) in [4.78, 5) is 18.7. The molecule has 2 N–H and O–H groups in total. The molecule has 1 heterocycles. The number of piperazine rings is 1. The molecule has 1 aliphatic rings. The van der Waals surface area contributed by atoms with E-state index in [-0.39, 0.29) is 36.0 Å². The number of rotatable bonds is 2. The van der Waals surface area contributed by atoms with Crippen molar-refractivity contribution in [2.24, 2.45) is 10.7 Å². The van der Waals surface area contributed by atoms with E-state index in [9.17, 15) is 13.6 Å². The Kier molecular flexibility index (Phi) is 8.19. The fourth-order valence-electron chi connectivity index (χ4n) is 1.71. The van der Waals surface area contributed by atoms with E-state index in [0.29, 0.717) is 26.2 Å². The molecule has 0 aromatic carbocycles. The Hall–Kier alpha value is -0.870. The second-order valence-corrected chi connectivity index (χ2v) is 5.54. The zero-order valence-corrected chi connectivity index (χ0v) is 14.8. The van der Waals surface area contributed by atoms with Crippen LogP contribution in [-0.2, 0) is 4.74 Å². The van der Waals surface area contributed by atoms with Crippen LogP contribution in [0.3, 0.4) is 0 Å². The largest absolute Gasteiger partial charge is 0.444 e. The van der Waals surface area contributed by atoms with Gasteiger partial charge in [-0.15, -0.1) is 24.0 Å². The number of nitrogens with two attached hydrogens (primary N) is 1. The minimum absolute atomic E-state index is 0. The molecule has 124 valence electrons. The number of hydrogen-bond donors (Lipinski definition) is 1. The van der Waals surface area contributed by atoms with Crippen LogP contribution in [0.1, 0.15) is 20.8 Å². The molecule has 0 radical (unpaired) electrons. The van der Waals surface area contributed by atoms with Gasteiger partial charge < -0.3 is 20.3 Å². The predicted octanol–water partition coefficient (Wildman–Crippen LogP) is 1.74. The van der Waals surface area contributed by atoms with Crippen molar-refractivity contribution >= 4 is 36.0 Å². The van der Waals surface area contributed by atoms with E-state index in [1.54, 1.807) is 30.6 Å². The second-order valence-electron chi connectivity index (χ2n) is 5.54. The number of nitrogens with zero attached hydrogens (tertiary/aromatic N) is 3. The van der Waals surface area contributed by atoms with Crippen molar-refractivity contribution in [2.75, 3.05) is 32.7 Å². The molecule has 1 amide bonds. The molecule has 0 unspecified atom stereocenters. The number of hydrogen-bond acceptors (Lipinski definition) is 3. The lowest BCUT2D eigenvalue weighted by atomic mass is 10.2. The monoisotopic (exact) mass is 420 g/mol. The summed E-state index contributed by atoms with van der Waals surface area (Å²) in [7, 11) is 0. The van der Waals surface area contributed by atoms with E-state index < -0.39 is 18.6 Å². The van der Waals surface area contributed by atoms with Crippen LogP contribution in [0, 0.1) is 0 Å². The molecule has 0 atom stereocenters. The molecule has 1 rings (SSSR count). The summed E-state index contributed by atoms with van der Waals surface area (Å²) >= 11 is 0. The lowest BCUT2D eigenvalue weighted by Gasteiger charge is -2.36. The summed E-state index contributed by atoms with van der Waals surface area (Å²) in [6.07, 6.45) is -2.88. The summed E-state index contributed by atoms with van der Waals surface area (Å²) in [5.41, 5.74) is 5.09. The molecule has 6 nitrogen and oxygen atoms in total. The highest BCUT2D eigenvalue weighted by Crippen LogP contribution is 2.11. The maximum atomic E-state index is 12.0. The third-order valence-corrected chi connectivity index (χ3v) is 2.65. The van der Waals surface area contributed by atoms with Gasteiger partial charge in [0.1, 0.15) is 12.1 Å². The van der Waals surface area contributed by atoms with E-state index >= 15 is 0 Å². The molecule has 9 heteroatoms. The third kappa shape index (κ3) is 7.63. The number of ether oxygens (including phenoxy) is 1. The van der Waals surface area contributed by atoms with Crippen molar-refractivity contribution in [1.82, 2.24) is 9.80 Å². The zero-order valence-electron chi connectivity index (χ0n) is 12.5. The SMILES string of the molecule is CC(C)(C)OC(=O)N1CCN(C(N)=NCC(F)F)CC1.I. The van der Waals surface area contributed by atoms with Crippen LogP contribution in [-0.4, -0.2) is 66.6 Å². The molecule has 21 heavy (non-hydrogen) atoms. The summed E-state index contributed by atoms with van der Waals surface area (Å²) in [5, 5.41) is 0. The first-order valence-corrected chi connectivity index (χ1v) is 6.50. The fraction of sp³-hybridized carbons (Fsp3) is 0.833. The smallest absolute Gasteiger partial charge is 0.410 e. The highest BCUT2D eigenvalue weighted by molar-refractivity contribution is 14.0. The van der Waals surface area contributed by atoms with Gasteiger partial charge in [0.25, 0.3) is 6.43 Å². The zero-order chi connectivity index (χ0) is 15.3. The maximum absolute atomic E-state index is 12.0. The van der Waals surface area contributed by atoms with Crippen LogP contribution < -0.4 is 5.73 Å². The molecular formula is C12H23F2IN4O2. The molecule has 0 aromatic heterocycles. The fourth-order valence-corrected chi connectivity index (χ4v) is 1.71. The Morgan fingerprint density at radius 2 is 1.71 bits per heavy atom. The van der Waals surface area contributed by atoms with Gasteiger partial charge in [0.05, 0.1) is 0 Å². The molecule has 0 bridgehead atoms. The minimum atomic E-state index is -2.50. The van der Waals surface area contributed by atoms with Crippen molar-refractivity contribution in [2.45, 2.75) is 32.8 Å². The molecule has 0 aliphatic carbocycles. The quantitative estimate of drug-likeness (QED) is 0.420. The van der Waals surface area contributed by atoms with Gasteiger partial charge >= 0.3 is 6.09 Å². The Morgan fingerprint density at radius 1 is 1.24 bits per heavy atom. The normalized spacial score (nSPS) is 16.8. The van der Waals surface area contributed by atoms with Crippen molar-refractivity contribution in [3.63, 3.8) is 0 Å². The van der Waals surface area contributed by atoms with Gasteiger partial charge in [0, 0.05) is 26.2 Å². The van der Waals surface area contributed by atoms with Crippen LogP contribution in [0.5, 0.6) is 0 Å². The average Bonchev–Trinajstić information content (AvgIpc) is 2.34. The lowest BCUT2D eigenvalue weighted by molar-refractivity contribution is 0.0186. The van der Waals surface area contributed by atoms with Gasteiger partial charge in [0.2, 0.25) is 0 Å². The number of carbonyl (C=O) groups is 1. The first kappa shape index (κ1) is 20.1. The standard InChI is InChI=1S/C12H22F2N4O2.HI/c1-12(2,3)20-11(19)18-6-4-17(5-7-18)10(15)16-8-9(13)14;/h9H,4-8H2,1-3H3,(H2,15,16);1H. The molecule has 1 fully saturated rings. The van der Waals surface area contributed by atoms with Gasteiger partial charge in [-0.1, -0.05) is 0 Å². The topological polar surface area (TPSA) is 71.2 Å². The van der Waals surface area contributed by atoms with Crippen LogP contribution in [0.25, 0.3) is 0 Å². The summed E-state index contributed by atoms with van der Waals surface area (Å²) in [5.74, 6) is 0.0918. The number of amides is 1. The maximum Gasteiger partial charge on any atom is 0.410 e. The molecule has 1 saturated heterocycles. The highest BCUT2D eigenvalue weighted by atomic mass is 127. The summed E-state index contributed by atoms with van der Waals surface area (Å²) in [6, 6.07) is 0.